The van der Waals surface area contributed by atoms with Crippen molar-refractivity contribution in [1.82, 2.24) is 5.32 Å². The fourth-order valence-corrected chi connectivity index (χ4v) is 4.06. The lowest BCUT2D eigenvalue weighted by Gasteiger charge is -2.09. The molecule has 0 fully saturated rings. The van der Waals surface area contributed by atoms with Crippen molar-refractivity contribution in [3.63, 3.8) is 0 Å². The lowest BCUT2D eigenvalue weighted by atomic mass is 10.0. The van der Waals surface area contributed by atoms with Gasteiger partial charge in [0, 0.05) is 11.6 Å². The highest BCUT2D eigenvalue weighted by Crippen LogP contribution is 2.34. The Labute approximate surface area is 173 Å². The summed E-state index contributed by atoms with van der Waals surface area (Å²) in [4.78, 5) is 17.7. The second-order valence-corrected chi connectivity index (χ2v) is 9.43. The molecule has 28 heavy (non-hydrogen) atoms. The molecule has 0 saturated carbocycles. The molecule has 2 aromatic rings. The predicted octanol–water partition coefficient (Wildman–Crippen LogP) is 5.34. The van der Waals surface area contributed by atoms with E-state index in [0.717, 1.165) is 29.8 Å². The molecule has 154 valence electrons. The molecule has 0 amide bonds. The van der Waals surface area contributed by atoms with Crippen LogP contribution >= 0.6 is 19.2 Å². The fraction of sp³-hybridized carbons (Fsp3) is 0.455. The van der Waals surface area contributed by atoms with Crippen LogP contribution in [-0.2, 0) is 24.0 Å². The monoisotopic (exact) mass is 423 g/mol. The number of benzene rings is 2. The van der Waals surface area contributed by atoms with E-state index in [4.69, 9.17) is 21.4 Å². The van der Waals surface area contributed by atoms with E-state index < -0.39 is 7.60 Å². The molecule has 0 aliphatic heterocycles. The fourth-order valence-electron chi connectivity index (χ4n) is 3.19. The molecule has 6 heteroatoms. The predicted molar refractivity (Wildman–Crippen MR) is 117 cm³/mol. The molecule has 0 saturated heterocycles. The zero-order valence-corrected chi connectivity index (χ0v) is 18.0. The summed E-state index contributed by atoms with van der Waals surface area (Å²) in [7, 11) is -3.89. The molecule has 0 radical (unpaired) electrons. The van der Waals surface area contributed by atoms with E-state index >= 15 is 0 Å². The molecule has 2 rings (SSSR count). The summed E-state index contributed by atoms with van der Waals surface area (Å²) in [6, 6.07) is 16.8. The van der Waals surface area contributed by atoms with E-state index in [-0.39, 0.29) is 6.16 Å². The van der Waals surface area contributed by atoms with Crippen LogP contribution in [0.5, 0.6) is 0 Å². The number of hydrogen-bond acceptors (Lipinski definition) is 2. The Balaban J connectivity index is 1.60. The third-order valence-corrected chi connectivity index (χ3v) is 6.00. The average Bonchev–Trinajstić information content (AvgIpc) is 2.65. The molecule has 0 heterocycles. The molecule has 0 unspecified atom stereocenters. The minimum Gasteiger partial charge on any atom is -0.324 e. The third-order valence-electron chi connectivity index (χ3n) is 4.75. The van der Waals surface area contributed by atoms with Gasteiger partial charge in [-0.1, -0.05) is 66.9 Å². The van der Waals surface area contributed by atoms with E-state index in [2.05, 4.69) is 47.8 Å². The van der Waals surface area contributed by atoms with Crippen LogP contribution in [0, 0.1) is 0 Å². The van der Waals surface area contributed by atoms with Crippen LogP contribution in [-0.4, -0.2) is 22.5 Å². The second kappa shape index (κ2) is 12.4. The minimum absolute atomic E-state index is 0.0783. The SMILES string of the molecule is O=P(O)(O)CCCNCc1ccc(CCCCCCc2ccccc2)c(Cl)c1. The van der Waals surface area contributed by atoms with E-state index in [1.165, 1.54) is 30.4 Å². The van der Waals surface area contributed by atoms with Gasteiger partial charge < -0.3 is 15.1 Å². The largest absolute Gasteiger partial charge is 0.325 e. The average molecular weight is 424 g/mol. The van der Waals surface area contributed by atoms with Crippen LogP contribution < -0.4 is 5.32 Å². The summed E-state index contributed by atoms with van der Waals surface area (Å²) >= 11 is 6.42. The zero-order chi connectivity index (χ0) is 20.2. The van der Waals surface area contributed by atoms with E-state index in [0.29, 0.717) is 19.5 Å². The topological polar surface area (TPSA) is 69.6 Å². The lowest BCUT2D eigenvalue weighted by Crippen LogP contribution is -2.15. The van der Waals surface area contributed by atoms with Gasteiger partial charge in [-0.05, 0) is 61.4 Å². The van der Waals surface area contributed by atoms with Crippen molar-refractivity contribution in [2.75, 3.05) is 12.7 Å². The first-order chi connectivity index (χ1) is 13.4. The summed E-state index contributed by atoms with van der Waals surface area (Å²) in [5, 5.41) is 4.00. The molecule has 2 aromatic carbocycles. The van der Waals surface area contributed by atoms with Crippen molar-refractivity contribution < 1.29 is 14.4 Å². The first-order valence-corrected chi connectivity index (χ1v) is 12.2. The smallest absolute Gasteiger partial charge is 0.324 e. The highest BCUT2D eigenvalue weighted by Gasteiger charge is 2.11. The second-order valence-electron chi connectivity index (χ2n) is 7.24. The summed E-state index contributed by atoms with van der Waals surface area (Å²) in [5.41, 5.74) is 3.69. The van der Waals surface area contributed by atoms with Gasteiger partial charge in [-0.15, -0.1) is 0 Å². The Morgan fingerprint density at radius 3 is 2.25 bits per heavy atom. The quantitative estimate of drug-likeness (QED) is 0.300. The van der Waals surface area contributed by atoms with Crippen LogP contribution in [0.15, 0.2) is 48.5 Å². The highest BCUT2D eigenvalue weighted by atomic mass is 35.5. The molecular formula is C22H31ClNO3P. The Morgan fingerprint density at radius 1 is 0.857 bits per heavy atom. The van der Waals surface area contributed by atoms with Crippen LogP contribution in [0.4, 0.5) is 0 Å². The molecular weight excluding hydrogens is 393 g/mol. The number of aryl methyl sites for hydroxylation is 2. The van der Waals surface area contributed by atoms with E-state index in [1.807, 2.05) is 6.07 Å². The Hall–Kier alpha value is -1.16. The van der Waals surface area contributed by atoms with Gasteiger partial charge in [0.05, 0.1) is 6.16 Å². The number of hydrogen-bond donors (Lipinski definition) is 3. The van der Waals surface area contributed by atoms with E-state index in [9.17, 15) is 4.57 Å². The molecule has 0 atom stereocenters. The Morgan fingerprint density at radius 2 is 1.57 bits per heavy atom. The first-order valence-electron chi connectivity index (χ1n) is 10.0. The number of unbranched alkanes of at least 4 members (excludes halogenated alkanes) is 3. The third kappa shape index (κ3) is 9.86. The summed E-state index contributed by atoms with van der Waals surface area (Å²) in [6.07, 6.45) is 7.36. The molecule has 4 nitrogen and oxygen atoms in total. The van der Waals surface area contributed by atoms with Crippen LogP contribution in [0.1, 0.15) is 48.8 Å². The van der Waals surface area contributed by atoms with Gasteiger partial charge in [-0.3, -0.25) is 4.57 Å². The Kier molecular flexibility index (Phi) is 10.3. The van der Waals surface area contributed by atoms with Gasteiger partial charge >= 0.3 is 7.60 Å². The normalized spacial score (nSPS) is 11.7. The molecule has 3 N–H and O–H groups in total. The minimum atomic E-state index is -3.89. The van der Waals surface area contributed by atoms with Gasteiger partial charge in [0.1, 0.15) is 0 Å². The molecule has 0 aromatic heterocycles. The highest BCUT2D eigenvalue weighted by molar-refractivity contribution is 7.51. The standard InChI is InChI=1S/C22H31ClNO3P/c23-22-17-20(18-24-15-8-16-28(25,26)27)13-14-21(22)12-7-2-1-4-9-19-10-5-3-6-11-19/h3,5-6,10-11,13-14,17,24H,1-2,4,7-9,12,15-16,18H2,(H2,25,26,27). The van der Waals surface area contributed by atoms with Crippen molar-refractivity contribution in [3.8, 4) is 0 Å². The van der Waals surface area contributed by atoms with Crippen LogP contribution in [0.3, 0.4) is 0 Å². The first kappa shape index (κ1) is 23.1. The van der Waals surface area contributed by atoms with Crippen molar-refractivity contribution >= 4 is 19.2 Å². The number of nitrogens with one attached hydrogen (secondary N) is 1. The summed E-state index contributed by atoms with van der Waals surface area (Å²) < 4.78 is 10.8. The zero-order valence-electron chi connectivity index (χ0n) is 16.3. The molecule has 0 spiro atoms. The molecule has 0 aliphatic rings. The number of halogens is 1. The van der Waals surface area contributed by atoms with Crippen LogP contribution in [0.25, 0.3) is 0 Å². The lowest BCUT2D eigenvalue weighted by molar-refractivity contribution is 0.371. The van der Waals surface area contributed by atoms with Gasteiger partial charge in [-0.25, -0.2) is 0 Å². The maximum absolute atomic E-state index is 10.8. The maximum Gasteiger partial charge on any atom is 0.325 e. The van der Waals surface area contributed by atoms with Gasteiger partial charge in [0.2, 0.25) is 0 Å². The van der Waals surface area contributed by atoms with Crippen molar-refractivity contribution in [2.24, 2.45) is 0 Å². The number of rotatable bonds is 13. The van der Waals surface area contributed by atoms with Crippen LogP contribution in [0.2, 0.25) is 5.02 Å². The maximum atomic E-state index is 10.8. The van der Waals surface area contributed by atoms with Gasteiger partial charge in [-0.2, -0.15) is 0 Å². The Bertz CT molecular complexity index is 749. The van der Waals surface area contributed by atoms with Gasteiger partial charge in [0.25, 0.3) is 0 Å². The van der Waals surface area contributed by atoms with Crippen molar-refractivity contribution in [3.05, 3.63) is 70.2 Å². The van der Waals surface area contributed by atoms with Crippen molar-refractivity contribution in [1.29, 1.82) is 0 Å². The summed E-state index contributed by atoms with van der Waals surface area (Å²) in [6.45, 7) is 1.23. The summed E-state index contributed by atoms with van der Waals surface area (Å²) in [5.74, 6) is 0. The van der Waals surface area contributed by atoms with Crippen molar-refractivity contribution in [2.45, 2.75) is 51.5 Å². The van der Waals surface area contributed by atoms with Gasteiger partial charge in [0.15, 0.2) is 0 Å². The molecule has 0 aliphatic carbocycles. The van der Waals surface area contributed by atoms with E-state index in [1.54, 1.807) is 0 Å². The molecule has 0 bridgehead atoms.